The zero-order valence-corrected chi connectivity index (χ0v) is 21.6. The predicted octanol–water partition coefficient (Wildman–Crippen LogP) is 5.64. The number of aliphatic hydroxyl groups is 1. The van der Waals surface area contributed by atoms with E-state index in [0.717, 1.165) is 6.42 Å². The Balaban J connectivity index is 2.59. The van der Waals surface area contributed by atoms with Gasteiger partial charge in [0, 0.05) is 23.6 Å². The Morgan fingerprint density at radius 2 is 1.84 bits per heavy atom. The van der Waals surface area contributed by atoms with Crippen molar-refractivity contribution in [3.63, 3.8) is 0 Å². The highest BCUT2D eigenvalue weighted by Gasteiger charge is 2.27. The van der Waals surface area contributed by atoms with Crippen LogP contribution in [0.2, 0.25) is 0 Å². The molecule has 200 valence electrons. The molecule has 0 bridgehead atoms. The van der Waals surface area contributed by atoms with Crippen LogP contribution in [0.1, 0.15) is 55.3 Å². The maximum atomic E-state index is 15.5. The number of amides is 1. The summed E-state index contributed by atoms with van der Waals surface area (Å²) in [4.78, 5) is 24.9. The Morgan fingerprint density at radius 3 is 2.49 bits per heavy atom. The molecule has 0 spiro atoms. The molecular formula is C29H35F2NO5. The maximum absolute atomic E-state index is 15.5. The number of esters is 1. The van der Waals surface area contributed by atoms with Crippen molar-refractivity contribution in [1.29, 1.82) is 0 Å². The lowest BCUT2D eigenvalue weighted by Gasteiger charge is -2.23. The van der Waals surface area contributed by atoms with Crippen LogP contribution >= 0.6 is 0 Å². The molecule has 8 heteroatoms. The third kappa shape index (κ3) is 8.25. The molecule has 0 aromatic heterocycles. The molecule has 0 saturated heterocycles. The minimum Gasteiger partial charge on any atom is -0.493 e. The fraction of sp³-hybridized carbons (Fsp3) is 0.379. The normalized spacial score (nSPS) is 12.4. The zero-order chi connectivity index (χ0) is 27.5. The fourth-order valence-corrected chi connectivity index (χ4v) is 3.96. The van der Waals surface area contributed by atoms with E-state index in [1.54, 1.807) is 32.9 Å². The van der Waals surface area contributed by atoms with E-state index in [0.29, 0.717) is 35.5 Å². The lowest BCUT2D eigenvalue weighted by Crippen LogP contribution is -2.38. The number of halogens is 2. The van der Waals surface area contributed by atoms with Crippen molar-refractivity contribution in [1.82, 2.24) is 5.32 Å². The minimum absolute atomic E-state index is 0.0131. The molecule has 2 aromatic rings. The molecule has 0 saturated carbocycles. The van der Waals surface area contributed by atoms with Crippen molar-refractivity contribution in [3.05, 3.63) is 77.9 Å². The molecule has 1 amide bonds. The number of allylic oxidation sites excluding steroid dienone is 1. The van der Waals surface area contributed by atoms with Crippen molar-refractivity contribution in [2.75, 3.05) is 13.2 Å². The number of benzene rings is 2. The highest BCUT2D eigenvalue weighted by Crippen LogP contribution is 2.38. The predicted molar refractivity (Wildman–Crippen MR) is 139 cm³/mol. The van der Waals surface area contributed by atoms with E-state index in [2.05, 4.69) is 18.5 Å². The topological polar surface area (TPSA) is 84.9 Å². The number of nitrogens with one attached hydrogen (secondary N) is 1. The standard InChI is InChI=1S/C29H35F2NO5/c1-6-9-10-12-37-25-16-21(30)14-18(4)27(25)20-13-19(5)28(31)22(15-20)23(17-26(34)36-8-3)32-29(35)24(33)11-7-2/h6-7,13-16,23-24,33H,1-2,8-12,17H2,3-5H3,(H,32,35)/t23-,24+/m0/s1. The third-order valence-corrected chi connectivity index (χ3v) is 5.71. The maximum Gasteiger partial charge on any atom is 0.308 e. The molecule has 0 aliphatic rings. The van der Waals surface area contributed by atoms with Crippen LogP contribution < -0.4 is 10.1 Å². The molecule has 2 N–H and O–H groups in total. The van der Waals surface area contributed by atoms with E-state index in [9.17, 15) is 19.1 Å². The quantitative estimate of drug-likeness (QED) is 0.193. The molecule has 0 fully saturated rings. The van der Waals surface area contributed by atoms with Crippen LogP contribution in [0.25, 0.3) is 11.1 Å². The first-order valence-corrected chi connectivity index (χ1v) is 12.2. The minimum atomic E-state index is -1.41. The number of aliphatic hydroxyl groups excluding tert-OH is 1. The number of hydrogen-bond acceptors (Lipinski definition) is 5. The van der Waals surface area contributed by atoms with Crippen LogP contribution in [0.5, 0.6) is 5.75 Å². The van der Waals surface area contributed by atoms with Crippen molar-refractivity contribution >= 4 is 11.9 Å². The number of unbranched alkanes of at least 4 members (excludes halogenated alkanes) is 1. The van der Waals surface area contributed by atoms with Gasteiger partial charge < -0.3 is 19.9 Å². The van der Waals surface area contributed by atoms with Crippen molar-refractivity contribution in [3.8, 4) is 16.9 Å². The van der Waals surface area contributed by atoms with E-state index in [1.165, 1.54) is 24.3 Å². The average molecular weight is 516 g/mol. The van der Waals surface area contributed by atoms with Crippen LogP contribution in [-0.4, -0.2) is 36.3 Å². The van der Waals surface area contributed by atoms with E-state index in [-0.39, 0.29) is 30.6 Å². The second-order valence-corrected chi connectivity index (χ2v) is 8.68. The summed E-state index contributed by atoms with van der Waals surface area (Å²) in [7, 11) is 0. The lowest BCUT2D eigenvalue weighted by atomic mass is 9.92. The highest BCUT2D eigenvalue weighted by atomic mass is 19.1. The molecule has 0 heterocycles. The molecule has 2 atom stereocenters. The second-order valence-electron chi connectivity index (χ2n) is 8.68. The Bertz CT molecular complexity index is 1130. The third-order valence-electron chi connectivity index (χ3n) is 5.71. The van der Waals surface area contributed by atoms with Gasteiger partial charge in [-0.3, -0.25) is 9.59 Å². The molecule has 6 nitrogen and oxygen atoms in total. The molecule has 0 unspecified atom stereocenters. The van der Waals surface area contributed by atoms with Crippen LogP contribution in [0.4, 0.5) is 8.78 Å². The summed E-state index contributed by atoms with van der Waals surface area (Å²) in [5.74, 6) is -2.21. The number of carbonyl (C=O) groups is 2. The number of aryl methyl sites for hydroxylation is 2. The van der Waals surface area contributed by atoms with Crippen LogP contribution in [0.15, 0.2) is 49.6 Å². The van der Waals surface area contributed by atoms with Crippen LogP contribution in [-0.2, 0) is 14.3 Å². The van der Waals surface area contributed by atoms with Gasteiger partial charge in [0.05, 0.1) is 25.7 Å². The molecule has 0 radical (unpaired) electrons. The molecule has 37 heavy (non-hydrogen) atoms. The van der Waals surface area contributed by atoms with Gasteiger partial charge in [-0.1, -0.05) is 12.2 Å². The number of ether oxygens (including phenoxy) is 2. The number of rotatable bonds is 14. The Hall–Kier alpha value is -3.52. The fourth-order valence-electron chi connectivity index (χ4n) is 3.96. The molecule has 2 rings (SSSR count). The first-order valence-electron chi connectivity index (χ1n) is 12.2. The Kier molecular flexibility index (Phi) is 11.5. The molecular weight excluding hydrogens is 480 g/mol. The van der Waals surface area contributed by atoms with Gasteiger partial charge in [-0.25, -0.2) is 8.78 Å². The van der Waals surface area contributed by atoms with E-state index in [4.69, 9.17) is 9.47 Å². The molecule has 0 aliphatic heterocycles. The summed E-state index contributed by atoms with van der Waals surface area (Å²) in [5, 5.41) is 12.6. The lowest BCUT2D eigenvalue weighted by molar-refractivity contribution is -0.144. The zero-order valence-electron chi connectivity index (χ0n) is 21.6. The largest absolute Gasteiger partial charge is 0.493 e. The van der Waals surface area contributed by atoms with Gasteiger partial charge in [0.1, 0.15) is 23.5 Å². The van der Waals surface area contributed by atoms with Crippen molar-refractivity contribution < 1.29 is 33.0 Å². The first kappa shape index (κ1) is 29.7. The van der Waals surface area contributed by atoms with Gasteiger partial charge in [-0.2, -0.15) is 0 Å². The summed E-state index contributed by atoms with van der Waals surface area (Å²) in [5.41, 5.74) is 1.95. The van der Waals surface area contributed by atoms with Crippen LogP contribution in [0, 0.1) is 25.5 Å². The smallest absolute Gasteiger partial charge is 0.308 e. The summed E-state index contributed by atoms with van der Waals surface area (Å²) in [6, 6.07) is 4.61. The monoisotopic (exact) mass is 515 g/mol. The first-order chi connectivity index (χ1) is 17.6. The molecule has 2 aromatic carbocycles. The SMILES string of the molecule is C=CCCCOc1cc(F)cc(C)c1-c1cc(C)c(F)c([C@H](CC(=O)OCC)NC(=O)[C@H](O)CC=C)c1. The van der Waals surface area contributed by atoms with Crippen LogP contribution in [0.3, 0.4) is 0 Å². The average Bonchev–Trinajstić information content (AvgIpc) is 2.83. The Labute approximate surface area is 217 Å². The summed E-state index contributed by atoms with van der Waals surface area (Å²) < 4.78 is 40.6. The van der Waals surface area contributed by atoms with Gasteiger partial charge in [-0.15, -0.1) is 13.2 Å². The van der Waals surface area contributed by atoms with Crippen molar-refractivity contribution in [2.45, 2.75) is 58.6 Å². The van der Waals surface area contributed by atoms with Gasteiger partial charge in [0.25, 0.3) is 0 Å². The summed E-state index contributed by atoms with van der Waals surface area (Å²) in [6.07, 6.45) is 2.78. The highest BCUT2D eigenvalue weighted by molar-refractivity contribution is 5.82. The Morgan fingerprint density at radius 1 is 1.11 bits per heavy atom. The van der Waals surface area contributed by atoms with Gasteiger partial charge in [0.2, 0.25) is 5.91 Å². The summed E-state index contributed by atoms with van der Waals surface area (Å²) >= 11 is 0. The van der Waals surface area contributed by atoms with Gasteiger partial charge in [-0.05, 0) is 68.5 Å². The van der Waals surface area contributed by atoms with Gasteiger partial charge in [0.15, 0.2) is 0 Å². The second kappa shape index (κ2) is 14.3. The number of hydrogen-bond donors (Lipinski definition) is 2. The van der Waals surface area contributed by atoms with E-state index >= 15 is 4.39 Å². The van der Waals surface area contributed by atoms with Gasteiger partial charge >= 0.3 is 5.97 Å². The number of carbonyl (C=O) groups excluding carboxylic acids is 2. The molecule has 0 aliphatic carbocycles. The van der Waals surface area contributed by atoms with E-state index in [1.807, 2.05) is 0 Å². The van der Waals surface area contributed by atoms with Crippen molar-refractivity contribution in [2.24, 2.45) is 0 Å². The summed E-state index contributed by atoms with van der Waals surface area (Å²) in [6.45, 7) is 12.5. The van der Waals surface area contributed by atoms with E-state index < -0.39 is 35.7 Å².